The minimum atomic E-state index is -0.715. The number of aryl methyl sites for hydroxylation is 2. The van der Waals surface area contributed by atoms with Gasteiger partial charge in [0.15, 0.2) is 5.58 Å². The highest BCUT2D eigenvalue weighted by Gasteiger charge is 2.08. The Balaban J connectivity index is 0.000000167. The number of phenols is 1. The molecule has 0 fully saturated rings. The van der Waals surface area contributed by atoms with E-state index in [1.807, 2.05) is 19.1 Å². The summed E-state index contributed by atoms with van der Waals surface area (Å²) in [6, 6.07) is 10.0. The largest absolute Gasteiger partial charge is 0.507 e. The van der Waals surface area contributed by atoms with Crippen LogP contribution in [0.25, 0.3) is 11.0 Å². The van der Waals surface area contributed by atoms with Crippen LogP contribution in [-0.2, 0) is 0 Å². The summed E-state index contributed by atoms with van der Waals surface area (Å²) >= 11 is 0. The molecule has 3 aromatic rings. The van der Waals surface area contributed by atoms with Gasteiger partial charge >= 0.3 is 0 Å². The molecule has 2 aromatic carbocycles. The molecule has 0 aliphatic heterocycles. The highest BCUT2D eigenvalue weighted by Crippen LogP contribution is 2.17. The number of phenolic OH excluding ortho intramolecular Hbond substituents is 1. The van der Waals surface area contributed by atoms with Gasteiger partial charge in [-0.1, -0.05) is 12.1 Å². The molecule has 7 nitrogen and oxygen atoms in total. The lowest BCUT2D eigenvalue weighted by Crippen LogP contribution is -2.18. The van der Waals surface area contributed by atoms with Crippen molar-refractivity contribution in [1.29, 1.82) is 0 Å². The SMILES string of the molecule is Cc1ccc(C(=O)NO)c(O)c1.Cc1ccc2c(=O)[nH]oc2c1. The molecule has 3 rings (SSSR count). The molecule has 1 heterocycles. The smallest absolute Gasteiger partial charge is 0.287 e. The zero-order valence-corrected chi connectivity index (χ0v) is 12.6. The van der Waals surface area contributed by atoms with Crippen molar-refractivity contribution in [2.45, 2.75) is 13.8 Å². The van der Waals surface area contributed by atoms with Gasteiger partial charge in [0.05, 0.1) is 10.9 Å². The van der Waals surface area contributed by atoms with E-state index >= 15 is 0 Å². The van der Waals surface area contributed by atoms with Gasteiger partial charge in [0.1, 0.15) is 5.75 Å². The summed E-state index contributed by atoms with van der Waals surface area (Å²) in [6.07, 6.45) is 0. The number of hydrogen-bond acceptors (Lipinski definition) is 5. The van der Waals surface area contributed by atoms with E-state index in [1.54, 1.807) is 19.1 Å². The second kappa shape index (κ2) is 6.80. The van der Waals surface area contributed by atoms with Crippen LogP contribution in [0, 0.1) is 13.8 Å². The maximum absolute atomic E-state index is 10.9. The number of carbonyl (C=O) groups is 1. The number of hydrogen-bond donors (Lipinski definition) is 4. The number of aromatic amines is 1. The molecule has 0 atom stereocenters. The predicted octanol–water partition coefficient (Wildman–Crippen LogP) is 2.25. The van der Waals surface area contributed by atoms with Crippen LogP contribution in [0.4, 0.5) is 0 Å². The number of aromatic nitrogens is 1. The first-order chi connectivity index (χ1) is 10.9. The normalized spacial score (nSPS) is 10.0. The van der Waals surface area contributed by atoms with Crippen LogP contribution in [0.5, 0.6) is 5.75 Å². The van der Waals surface area contributed by atoms with Crippen LogP contribution in [0.1, 0.15) is 21.5 Å². The first kappa shape index (κ1) is 16.3. The molecule has 120 valence electrons. The molecule has 0 bridgehead atoms. The standard InChI is InChI=1S/C8H9NO3.C8H7NO2/c1-5-2-3-6(7(10)4-5)8(11)9-12;1-5-2-3-6-7(4-5)11-9-8(6)10/h2-4,10,12H,1H3,(H,9,11);2-4H,1H3,(H,9,10). The number of nitrogens with one attached hydrogen (secondary N) is 2. The van der Waals surface area contributed by atoms with E-state index in [4.69, 9.17) is 9.73 Å². The fraction of sp³-hybridized carbons (Fsp3) is 0.125. The van der Waals surface area contributed by atoms with Gasteiger partial charge in [0.2, 0.25) is 0 Å². The van der Waals surface area contributed by atoms with Gasteiger partial charge in [0.25, 0.3) is 11.5 Å². The maximum Gasteiger partial charge on any atom is 0.287 e. The van der Waals surface area contributed by atoms with Crippen molar-refractivity contribution in [3.05, 3.63) is 63.4 Å². The minimum Gasteiger partial charge on any atom is -0.507 e. The van der Waals surface area contributed by atoms with Gasteiger partial charge < -0.3 is 9.63 Å². The van der Waals surface area contributed by atoms with E-state index in [9.17, 15) is 14.7 Å². The molecule has 0 saturated heterocycles. The van der Waals surface area contributed by atoms with Crippen LogP contribution in [-0.4, -0.2) is 21.4 Å². The number of fused-ring (bicyclic) bond motifs is 1. The Morgan fingerprint density at radius 1 is 1.13 bits per heavy atom. The Kier molecular flexibility index (Phi) is 4.82. The third kappa shape index (κ3) is 3.78. The number of rotatable bonds is 1. The summed E-state index contributed by atoms with van der Waals surface area (Å²) in [7, 11) is 0. The Labute approximate surface area is 131 Å². The average Bonchev–Trinajstić information content (AvgIpc) is 2.88. The van der Waals surface area contributed by atoms with E-state index in [2.05, 4.69) is 5.16 Å². The summed E-state index contributed by atoms with van der Waals surface area (Å²) in [5.74, 6) is -0.853. The fourth-order valence-corrected chi connectivity index (χ4v) is 1.95. The van der Waals surface area contributed by atoms with E-state index in [-0.39, 0.29) is 16.9 Å². The first-order valence-corrected chi connectivity index (χ1v) is 6.74. The second-order valence-corrected chi connectivity index (χ2v) is 4.99. The van der Waals surface area contributed by atoms with Crippen molar-refractivity contribution in [1.82, 2.24) is 10.6 Å². The second-order valence-electron chi connectivity index (χ2n) is 4.99. The van der Waals surface area contributed by atoms with Crippen molar-refractivity contribution in [2.75, 3.05) is 0 Å². The number of hydroxylamine groups is 1. The van der Waals surface area contributed by atoms with Crippen molar-refractivity contribution < 1.29 is 19.6 Å². The fourth-order valence-electron chi connectivity index (χ4n) is 1.95. The number of carbonyl (C=O) groups excluding carboxylic acids is 1. The number of amides is 1. The van der Waals surface area contributed by atoms with Crippen LogP contribution in [0.15, 0.2) is 45.7 Å². The lowest BCUT2D eigenvalue weighted by molar-refractivity contribution is 0.0703. The number of benzene rings is 2. The molecular weight excluding hydrogens is 300 g/mol. The van der Waals surface area contributed by atoms with Gasteiger partial charge in [-0.05, 0) is 49.2 Å². The Morgan fingerprint density at radius 2 is 1.78 bits per heavy atom. The van der Waals surface area contributed by atoms with Crippen LogP contribution in [0.2, 0.25) is 0 Å². The third-order valence-corrected chi connectivity index (χ3v) is 3.13. The first-order valence-electron chi connectivity index (χ1n) is 6.74. The lowest BCUT2D eigenvalue weighted by atomic mass is 10.1. The molecule has 0 spiro atoms. The van der Waals surface area contributed by atoms with Crippen LogP contribution < -0.4 is 11.0 Å². The van der Waals surface area contributed by atoms with E-state index < -0.39 is 5.91 Å². The summed E-state index contributed by atoms with van der Waals surface area (Å²) in [5, 5.41) is 20.4. The molecular formula is C16H16N2O5. The van der Waals surface area contributed by atoms with Gasteiger partial charge in [-0.3, -0.25) is 14.8 Å². The maximum atomic E-state index is 10.9. The van der Waals surface area contributed by atoms with E-state index in [1.165, 1.54) is 17.6 Å². The van der Waals surface area contributed by atoms with Gasteiger partial charge in [-0.2, -0.15) is 5.16 Å². The van der Waals surface area contributed by atoms with Crippen molar-refractivity contribution >= 4 is 16.9 Å². The van der Waals surface area contributed by atoms with Crippen molar-refractivity contribution in [3.63, 3.8) is 0 Å². The van der Waals surface area contributed by atoms with E-state index in [0.29, 0.717) is 11.0 Å². The summed E-state index contributed by atoms with van der Waals surface area (Å²) in [6.45, 7) is 3.74. The molecule has 0 saturated carbocycles. The van der Waals surface area contributed by atoms with E-state index in [0.717, 1.165) is 11.1 Å². The predicted molar refractivity (Wildman–Crippen MR) is 83.7 cm³/mol. The topological polar surface area (TPSA) is 116 Å². The minimum absolute atomic E-state index is 0.0584. The van der Waals surface area contributed by atoms with Crippen LogP contribution in [0.3, 0.4) is 0 Å². The quantitative estimate of drug-likeness (QED) is 0.406. The monoisotopic (exact) mass is 316 g/mol. The molecule has 1 aromatic heterocycles. The molecule has 23 heavy (non-hydrogen) atoms. The zero-order valence-electron chi connectivity index (χ0n) is 12.6. The van der Waals surface area contributed by atoms with Crippen molar-refractivity contribution in [2.24, 2.45) is 0 Å². The molecule has 0 aliphatic rings. The number of aromatic hydroxyl groups is 1. The number of H-pyrrole nitrogens is 1. The zero-order chi connectivity index (χ0) is 17.0. The Hall–Kier alpha value is -3.06. The average molecular weight is 316 g/mol. The highest BCUT2D eigenvalue weighted by molar-refractivity contribution is 5.96. The molecule has 0 radical (unpaired) electrons. The molecule has 7 heteroatoms. The van der Waals surface area contributed by atoms with Crippen molar-refractivity contribution in [3.8, 4) is 5.75 Å². The van der Waals surface area contributed by atoms with Gasteiger partial charge in [-0.25, -0.2) is 5.48 Å². The summed E-state index contributed by atoms with van der Waals surface area (Å²) in [5.41, 5.74) is 3.89. The third-order valence-electron chi connectivity index (χ3n) is 3.13. The molecule has 1 amide bonds. The highest BCUT2D eigenvalue weighted by atomic mass is 16.5. The van der Waals surface area contributed by atoms with Gasteiger partial charge in [0, 0.05) is 0 Å². The van der Waals surface area contributed by atoms with Crippen LogP contribution >= 0.6 is 0 Å². The lowest BCUT2D eigenvalue weighted by Gasteiger charge is -2.02. The Bertz CT molecular complexity index is 895. The van der Waals surface area contributed by atoms with Gasteiger partial charge in [-0.15, -0.1) is 0 Å². The summed E-state index contributed by atoms with van der Waals surface area (Å²) in [4.78, 5) is 21.8. The molecule has 0 aliphatic carbocycles. The summed E-state index contributed by atoms with van der Waals surface area (Å²) < 4.78 is 4.89. The molecule has 4 N–H and O–H groups in total. The Morgan fingerprint density at radius 3 is 2.43 bits per heavy atom. The molecule has 0 unspecified atom stereocenters.